The van der Waals surface area contributed by atoms with Gasteiger partial charge in [0, 0.05) is 20.1 Å². The average Bonchev–Trinajstić information content (AvgIpc) is 2.17. The Morgan fingerprint density at radius 2 is 2.12 bits per heavy atom. The summed E-state index contributed by atoms with van der Waals surface area (Å²) in [5, 5.41) is 2.82. The number of rotatable bonds is 3. The van der Waals surface area contributed by atoms with E-state index in [-0.39, 0.29) is 18.3 Å². The van der Waals surface area contributed by atoms with Crippen molar-refractivity contribution in [2.75, 3.05) is 6.54 Å². The lowest BCUT2D eigenvalue weighted by Gasteiger charge is -2.19. The number of nitrogens with two attached hydrogens (primary N) is 1. The maximum Gasteiger partial charge on any atom is 0.252 e. The molecule has 0 saturated carbocycles. The molecule has 96 valence electrons. The highest BCUT2D eigenvalue weighted by molar-refractivity contribution is 14.1. The first-order chi connectivity index (χ1) is 7.29. The molecule has 3 N–H and O–H groups in total. The molecule has 0 radical (unpaired) electrons. The minimum Gasteiger partial charge on any atom is -0.350 e. The number of amides is 1. The van der Waals surface area contributed by atoms with Crippen LogP contribution in [0.3, 0.4) is 0 Å². The smallest absolute Gasteiger partial charge is 0.252 e. The number of hydrogen-bond acceptors (Lipinski definition) is 2. The van der Waals surface area contributed by atoms with Gasteiger partial charge in [-0.05, 0) is 54.6 Å². The van der Waals surface area contributed by atoms with Crippen LogP contribution < -0.4 is 11.1 Å². The normalized spacial score (nSPS) is 10.6. The molecule has 0 aliphatic heterocycles. The van der Waals surface area contributed by atoms with E-state index in [4.69, 9.17) is 5.73 Å². The predicted octanol–water partition coefficient (Wildman–Crippen LogP) is 2.94. The predicted molar refractivity (Wildman–Crippen MR) is 84.7 cm³/mol. The van der Waals surface area contributed by atoms with E-state index in [1.165, 1.54) is 0 Å². The van der Waals surface area contributed by atoms with Crippen molar-refractivity contribution in [1.29, 1.82) is 0 Å². The molecule has 0 heterocycles. The molecule has 1 rings (SSSR count). The lowest BCUT2D eigenvalue weighted by molar-refractivity contribution is 0.0945. The highest BCUT2D eigenvalue weighted by Crippen LogP contribution is 2.18. The maximum atomic E-state index is 11.9. The number of halogens is 3. The molecule has 1 aromatic carbocycles. The van der Waals surface area contributed by atoms with Crippen molar-refractivity contribution in [1.82, 2.24) is 5.32 Å². The van der Waals surface area contributed by atoms with Gasteiger partial charge in [-0.3, -0.25) is 4.79 Å². The second-order valence-electron chi connectivity index (χ2n) is 4.30. The topological polar surface area (TPSA) is 55.1 Å². The van der Waals surface area contributed by atoms with Gasteiger partial charge >= 0.3 is 0 Å². The van der Waals surface area contributed by atoms with Crippen LogP contribution in [0, 0.1) is 3.57 Å². The Bertz CT molecular complexity index is 407. The SMILES string of the molecule is CC(C)(N)CNC(=O)c1cc(Br)ccc1I.Cl. The molecule has 0 bridgehead atoms. The van der Waals surface area contributed by atoms with E-state index in [0.717, 1.165) is 8.04 Å². The summed E-state index contributed by atoms with van der Waals surface area (Å²) in [5.74, 6) is -0.0933. The fourth-order valence-electron chi connectivity index (χ4n) is 1.07. The van der Waals surface area contributed by atoms with Crippen LogP contribution in [0.5, 0.6) is 0 Å². The van der Waals surface area contributed by atoms with E-state index in [1.54, 1.807) is 6.07 Å². The molecule has 17 heavy (non-hydrogen) atoms. The summed E-state index contributed by atoms with van der Waals surface area (Å²) in [6.45, 7) is 4.20. The van der Waals surface area contributed by atoms with Crippen LogP contribution >= 0.6 is 50.9 Å². The van der Waals surface area contributed by atoms with Gasteiger partial charge in [0.2, 0.25) is 0 Å². The Balaban J connectivity index is 0.00000256. The summed E-state index contributed by atoms with van der Waals surface area (Å²) in [6.07, 6.45) is 0. The first-order valence-corrected chi connectivity index (χ1v) is 6.69. The lowest BCUT2D eigenvalue weighted by atomic mass is 10.1. The minimum absolute atomic E-state index is 0. The van der Waals surface area contributed by atoms with E-state index >= 15 is 0 Å². The van der Waals surface area contributed by atoms with E-state index in [2.05, 4.69) is 43.8 Å². The quantitative estimate of drug-likeness (QED) is 0.721. The molecule has 1 aromatic rings. The van der Waals surface area contributed by atoms with Crippen LogP contribution in [0.4, 0.5) is 0 Å². The van der Waals surface area contributed by atoms with Gasteiger partial charge in [-0.1, -0.05) is 15.9 Å². The second-order valence-corrected chi connectivity index (χ2v) is 6.37. The molecule has 0 fully saturated rings. The van der Waals surface area contributed by atoms with Crippen molar-refractivity contribution in [3.05, 3.63) is 31.8 Å². The Morgan fingerprint density at radius 1 is 1.53 bits per heavy atom. The number of carbonyl (C=O) groups is 1. The van der Waals surface area contributed by atoms with Crippen molar-refractivity contribution in [2.24, 2.45) is 5.73 Å². The van der Waals surface area contributed by atoms with Gasteiger partial charge in [-0.2, -0.15) is 0 Å². The molecule has 0 aromatic heterocycles. The lowest BCUT2D eigenvalue weighted by Crippen LogP contribution is -2.45. The van der Waals surface area contributed by atoms with Crippen LogP contribution in [0.15, 0.2) is 22.7 Å². The van der Waals surface area contributed by atoms with Crippen LogP contribution in [0.2, 0.25) is 0 Å². The number of nitrogens with one attached hydrogen (secondary N) is 1. The highest BCUT2D eigenvalue weighted by Gasteiger charge is 2.15. The highest BCUT2D eigenvalue weighted by atomic mass is 127. The van der Waals surface area contributed by atoms with Gasteiger partial charge < -0.3 is 11.1 Å². The van der Waals surface area contributed by atoms with E-state index in [1.807, 2.05) is 26.0 Å². The van der Waals surface area contributed by atoms with E-state index < -0.39 is 5.54 Å². The fourth-order valence-corrected chi connectivity index (χ4v) is 2.02. The van der Waals surface area contributed by atoms with Crippen molar-refractivity contribution in [2.45, 2.75) is 19.4 Å². The van der Waals surface area contributed by atoms with Crippen LogP contribution in [-0.2, 0) is 0 Å². The molecule has 0 aliphatic rings. The van der Waals surface area contributed by atoms with Crippen molar-refractivity contribution < 1.29 is 4.79 Å². The molecule has 6 heteroatoms. The molecular weight excluding hydrogens is 418 g/mol. The first kappa shape index (κ1) is 17.2. The Morgan fingerprint density at radius 3 is 2.65 bits per heavy atom. The Hall–Kier alpha value is 0.150. The zero-order valence-electron chi connectivity index (χ0n) is 9.59. The Labute approximate surface area is 130 Å². The Kier molecular flexibility index (Phi) is 6.98. The van der Waals surface area contributed by atoms with E-state index in [0.29, 0.717) is 12.1 Å². The van der Waals surface area contributed by atoms with Gasteiger partial charge in [-0.25, -0.2) is 0 Å². The summed E-state index contributed by atoms with van der Waals surface area (Å²) >= 11 is 5.49. The number of hydrogen-bond donors (Lipinski definition) is 2. The van der Waals surface area contributed by atoms with Gasteiger partial charge in [0.25, 0.3) is 5.91 Å². The molecule has 0 aliphatic carbocycles. The van der Waals surface area contributed by atoms with E-state index in [9.17, 15) is 4.79 Å². The van der Waals surface area contributed by atoms with Crippen molar-refractivity contribution >= 4 is 56.8 Å². The zero-order valence-corrected chi connectivity index (χ0v) is 14.1. The molecule has 3 nitrogen and oxygen atoms in total. The first-order valence-electron chi connectivity index (χ1n) is 4.82. The molecule has 0 unspecified atom stereocenters. The monoisotopic (exact) mass is 432 g/mol. The van der Waals surface area contributed by atoms with Gasteiger partial charge in [0.15, 0.2) is 0 Å². The third kappa shape index (κ3) is 6.03. The molecule has 0 spiro atoms. The zero-order chi connectivity index (χ0) is 12.3. The third-order valence-electron chi connectivity index (χ3n) is 1.88. The second kappa shape index (κ2) is 6.92. The van der Waals surface area contributed by atoms with Gasteiger partial charge in [0.1, 0.15) is 0 Å². The van der Waals surface area contributed by atoms with Gasteiger partial charge in [0.05, 0.1) is 5.56 Å². The van der Waals surface area contributed by atoms with Crippen molar-refractivity contribution in [3.8, 4) is 0 Å². The average molecular weight is 434 g/mol. The standard InChI is InChI=1S/C11H14BrIN2O.ClH/c1-11(2,14)6-15-10(16)8-5-7(12)3-4-9(8)13;/h3-5H,6,14H2,1-2H3,(H,15,16);1H. The van der Waals surface area contributed by atoms with Crippen LogP contribution in [-0.4, -0.2) is 18.0 Å². The van der Waals surface area contributed by atoms with Crippen molar-refractivity contribution in [3.63, 3.8) is 0 Å². The number of benzene rings is 1. The molecule has 1 amide bonds. The molecular formula is C11H15BrClIN2O. The summed E-state index contributed by atoms with van der Waals surface area (Å²) in [6, 6.07) is 5.61. The van der Waals surface area contributed by atoms with Crippen LogP contribution in [0.25, 0.3) is 0 Å². The number of carbonyl (C=O) groups excluding carboxylic acids is 1. The maximum absolute atomic E-state index is 11.9. The minimum atomic E-state index is -0.396. The summed E-state index contributed by atoms with van der Waals surface area (Å²) in [7, 11) is 0. The van der Waals surface area contributed by atoms with Crippen LogP contribution in [0.1, 0.15) is 24.2 Å². The summed E-state index contributed by atoms with van der Waals surface area (Å²) < 4.78 is 1.82. The summed E-state index contributed by atoms with van der Waals surface area (Å²) in [4.78, 5) is 11.9. The summed E-state index contributed by atoms with van der Waals surface area (Å²) in [5.41, 5.74) is 6.07. The molecule has 0 saturated heterocycles. The largest absolute Gasteiger partial charge is 0.350 e. The molecule has 0 atom stereocenters. The van der Waals surface area contributed by atoms with Gasteiger partial charge in [-0.15, -0.1) is 12.4 Å². The third-order valence-corrected chi connectivity index (χ3v) is 3.31. The fraction of sp³-hybridized carbons (Fsp3) is 0.364.